The maximum Gasteiger partial charge on any atom is 0.246 e. The van der Waals surface area contributed by atoms with Gasteiger partial charge in [-0.2, -0.15) is 0 Å². The molecule has 0 fully saturated rings. The standard InChI is InChI=1S/C9H15NO/c1-7(2)8-5-4-6-9(11)10(8)3/h4,6-8H,5H2,1-3H3. The van der Waals surface area contributed by atoms with Crippen LogP contribution in [0.15, 0.2) is 12.2 Å². The van der Waals surface area contributed by atoms with Crippen molar-refractivity contribution in [3.63, 3.8) is 0 Å². The lowest BCUT2D eigenvalue weighted by Crippen LogP contribution is -2.41. The lowest BCUT2D eigenvalue weighted by atomic mass is 9.97. The Balaban J connectivity index is 2.70. The molecule has 1 aliphatic heterocycles. The fourth-order valence-corrected chi connectivity index (χ4v) is 1.47. The molecular weight excluding hydrogens is 138 g/mol. The quantitative estimate of drug-likeness (QED) is 0.558. The van der Waals surface area contributed by atoms with Gasteiger partial charge in [0.2, 0.25) is 5.91 Å². The molecule has 1 atom stereocenters. The number of carbonyl (C=O) groups excluding carboxylic acids is 1. The maximum atomic E-state index is 11.1. The van der Waals surface area contributed by atoms with Crippen molar-refractivity contribution in [2.24, 2.45) is 5.92 Å². The first-order chi connectivity index (χ1) is 5.13. The highest BCUT2D eigenvalue weighted by Crippen LogP contribution is 2.17. The average Bonchev–Trinajstić information content (AvgIpc) is 1.94. The van der Waals surface area contributed by atoms with E-state index in [1.807, 2.05) is 18.0 Å². The van der Waals surface area contributed by atoms with Crippen LogP contribution in [0.1, 0.15) is 20.3 Å². The van der Waals surface area contributed by atoms with Gasteiger partial charge in [0.15, 0.2) is 0 Å². The maximum absolute atomic E-state index is 11.1. The largest absolute Gasteiger partial charge is 0.339 e. The summed E-state index contributed by atoms with van der Waals surface area (Å²) in [6.45, 7) is 4.29. The minimum Gasteiger partial charge on any atom is -0.339 e. The zero-order valence-electron chi connectivity index (χ0n) is 7.37. The molecule has 1 aliphatic rings. The normalized spacial score (nSPS) is 24.9. The third-order valence-corrected chi connectivity index (χ3v) is 2.25. The third-order valence-electron chi connectivity index (χ3n) is 2.25. The molecule has 11 heavy (non-hydrogen) atoms. The zero-order chi connectivity index (χ0) is 8.43. The molecule has 2 nitrogen and oxygen atoms in total. The van der Waals surface area contributed by atoms with Crippen LogP contribution in [0.3, 0.4) is 0 Å². The summed E-state index contributed by atoms with van der Waals surface area (Å²) >= 11 is 0. The van der Waals surface area contributed by atoms with Gasteiger partial charge in [-0.25, -0.2) is 0 Å². The molecule has 1 rings (SSSR count). The van der Waals surface area contributed by atoms with Gasteiger partial charge in [-0.15, -0.1) is 0 Å². The molecule has 1 amide bonds. The van der Waals surface area contributed by atoms with E-state index in [0.29, 0.717) is 12.0 Å². The Hall–Kier alpha value is -0.790. The molecule has 2 heteroatoms. The Morgan fingerprint density at radius 2 is 2.27 bits per heavy atom. The Labute approximate surface area is 67.9 Å². The molecule has 0 bridgehead atoms. The van der Waals surface area contributed by atoms with Crippen molar-refractivity contribution in [3.8, 4) is 0 Å². The molecule has 0 aromatic rings. The Bertz CT molecular complexity index is 184. The molecule has 0 N–H and O–H groups in total. The predicted octanol–water partition coefficient (Wildman–Crippen LogP) is 1.43. The van der Waals surface area contributed by atoms with Gasteiger partial charge >= 0.3 is 0 Å². The van der Waals surface area contributed by atoms with Gasteiger partial charge in [-0.3, -0.25) is 4.79 Å². The minimum atomic E-state index is 0.134. The number of rotatable bonds is 1. The van der Waals surface area contributed by atoms with Crippen LogP contribution in [-0.2, 0) is 4.79 Å². The summed E-state index contributed by atoms with van der Waals surface area (Å²) < 4.78 is 0. The predicted molar refractivity (Wildman–Crippen MR) is 45.2 cm³/mol. The molecule has 0 aromatic heterocycles. The fourth-order valence-electron chi connectivity index (χ4n) is 1.47. The van der Waals surface area contributed by atoms with E-state index in [2.05, 4.69) is 13.8 Å². The fraction of sp³-hybridized carbons (Fsp3) is 0.667. The number of hydrogen-bond donors (Lipinski definition) is 0. The molecule has 0 saturated heterocycles. The van der Waals surface area contributed by atoms with Gasteiger partial charge < -0.3 is 4.90 Å². The molecule has 0 aromatic carbocycles. The van der Waals surface area contributed by atoms with Crippen LogP contribution >= 0.6 is 0 Å². The van der Waals surface area contributed by atoms with Crippen LogP contribution < -0.4 is 0 Å². The van der Waals surface area contributed by atoms with E-state index < -0.39 is 0 Å². The van der Waals surface area contributed by atoms with E-state index in [1.54, 1.807) is 6.08 Å². The van der Waals surface area contributed by atoms with Crippen LogP contribution in [0.25, 0.3) is 0 Å². The highest BCUT2D eigenvalue weighted by molar-refractivity contribution is 5.88. The molecular formula is C9H15NO. The van der Waals surface area contributed by atoms with E-state index in [4.69, 9.17) is 0 Å². The van der Waals surface area contributed by atoms with Gasteiger partial charge in [0.05, 0.1) is 0 Å². The summed E-state index contributed by atoms with van der Waals surface area (Å²) in [5.41, 5.74) is 0. The summed E-state index contributed by atoms with van der Waals surface area (Å²) in [7, 11) is 1.87. The molecule has 0 spiro atoms. The van der Waals surface area contributed by atoms with Crippen LogP contribution in [0.5, 0.6) is 0 Å². The van der Waals surface area contributed by atoms with Crippen LogP contribution in [0.2, 0.25) is 0 Å². The third kappa shape index (κ3) is 1.62. The Morgan fingerprint density at radius 3 is 2.73 bits per heavy atom. The Kier molecular flexibility index (Phi) is 2.32. The van der Waals surface area contributed by atoms with Crippen molar-refractivity contribution in [1.29, 1.82) is 0 Å². The zero-order valence-corrected chi connectivity index (χ0v) is 7.37. The number of nitrogens with zero attached hydrogens (tertiary/aromatic N) is 1. The highest BCUT2D eigenvalue weighted by atomic mass is 16.2. The molecule has 62 valence electrons. The van der Waals surface area contributed by atoms with E-state index in [0.717, 1.165) is 6.42 Å². The molecule has 0 aliphatic carbocycles. The number of likely N-dealkylation sites (N-methyl/N-ethyl adjacent to an activating group) is 1. The molecule has 1 unspecified atom stereocenters. The second kappa shape index (κ2) is 3.07. The van der Waals surface area contributed by atoms with Gasteiger partial charge in [-0.1, -0.05) is 19.9 Å². The SMILES string of the molecule is CC(C)C1CC=CC(=O)N1C. The first-order valence-electron chi connectivity index (χ1n) is 4.06. The molecule has 1 heterocycles. The summed E-state index contributed by atoms with van der Waals surface area (Å²) in [4.78, 5) is 13.0. The van der Waals surface area contributed by atoms with Crippen molar-refractivity contribution in [1.82, 2.24) is 4.90 Å². The van der Waals surface area contributed by atoms with E-state index in [9.17, 15) is 4.79 Å². The van der Waals surface area contributed by atoms with Crippen molar-refractivity contribution >= 4 is 5.91 Å². The van der Waals surface area contributed by atoms with E-state index in [1.165, 1.54) is 0 Å². The number of amides is 1. The van der Waals surface area contributed by atoms with Crippen molar-refractivity contribution in [3.05, 3.63) is 12.2 Å². The van der Waals surface area contributed by atoms with Gasteiger partial charge in [0.1, 0.15) is 0 Å². The average molecular weight is 153 g/mol. The second-order valence-corrected chi connectivity index (χ2v) is 3.40. The minimum absolute atomic E-state index is 0.134. The first-order valence-corrected chi connectivity index (χ1v) is 4.06. The van der Waals surface area contributed by atoms with Crippen LogP contribution in [-0.4, -0.2) is 23.9 Å². The van der Waals surface area contributed by atoms with Gasteiger partial charge in [0.25, 0.3) is 0 Å². The van der Waals surface area contributed by atoms with Gasteiger partial charge in [0, 0.05) is 13.1 Å². The first kappa shape index (κ1) is 8.31. The lowest BCUT2D eigenvalue weighted by Gasteiger charge is -2.32. The number of carbonyl (C=O) groups is 1. The van der Waals surface area contributed by atoms with Crippen LogP contribution in [0, 0.1) is 5.92 Å². The van der Waals surface area contributed by atoms with Crippen molar-refractivity contribution < 1.29 is 4.79 Å². The summed E-state index contributed by atoms with van der Waals surface area (Å²) in [5, 5.41) is 0. The van der Waals surface area contributed by atoms with Crippen molar-refractivity contribution in [2.45, 2.75) is 26.3 Å². The van der Waals surface area contributed by atoms with Gasteiger partial charge in [-0.05, 0) is 18.4 Å². The molecule has 0 saturated carbocycles. The summed E-state index contributed by atoms with van der Waals surface area (Å²) in [6.07, 6.45) is 4.62. The smallest absolute Gasteiger partial charge is 0.246 e. The monoisotopic (exact) mass is 153 g/mol. The topological polar surface area (TPSA) is 20.3 Å². The highest BCUT2D eigenvalue weighted by Gasteiger charge is 2.22. The Morgan fingerprint density at radius 1 is 1.64 bits per heavy atom. The van der Waals surface area contributed by atoms with E-state index >= 15 is 0 Å². The van der Waals surface area contributed by atoms with E-state index in [-0.39, 0.29) is 5.91 Å². The van der Waals surface area contributed by atoms with Crippen molar-refractivity contribution in [2.75, 3.05) is 7.05 Å². The number of hydrogen-bond acceptors (Lipinski definition) is 1. The lowest BCUT2D eigenvalue weighted by molar-refractivity contribution is -0.128. The summed E-state index contributed by atoms with van der Waals surface area (Å²) in [5.74, 6) is 0.684. The van der Waals surface area contributed by atoms with Crippen LogP contribution in [0.4, 0.5) is 0 Å². The summed E-state index contributed by atoms with van der Waals surface area (Å²) in [6, 6.07) is 0.396. The molecule has 0 radical (unpaired) electrons. The second-order valence-electron chi connectivity index (χ2n) is 3.40.